The number of nitrogens with one attached hydrogen (secondary N) is 1. The van der Waals surface area contributed by atoms with E-state index in [1.165, 1.54) is 64.5 Å². The van der Waals surface area contributed by atoms with Crippen molar-refractivity contribution in [3.63, 3.8) is 0 Å². The van der Waals surface area contributed by atoms with Gasteiger partial charge < -0.3 is 10.2 Å². The van der Waals surface area contributed by atoms with Crippen molar-refractivity contribution in [3.8, 4) is 0 Å². The molecule has 2 aliphatic rings. The Labute approximate surface area is 120 Å². The molecule has 112 valence electrons. The lowest BCUT2D eigenvalue weighted by Gasteiger charge is -2.42. The lowest BCUT2D eigenvalue weighted by molar-refractivity contribution is 0.0852. The molecule has 2 heteroatoms. The molecular weight excluding hydrogens is 232 g/mol. The summed E-state index contributed by atoms with van der Waals surface area (Å²) in [6, 6.07) is 1.63. The van der Waals surface area contributed by atoms with Crippen molar-refractivity contribution in [2.24, 2.45) is 11.8 Å². The van der Waals surface area contributed by atoms with Crippen LogP contribution >= 0.6 is 0 Å². The summed E-state index contributed by atoms with van der Waals surface area (Å²) in [6.07, 6.45) is 11.3. The van der Waals surface area contributed by atoms with Gasteiger partial charge in [0, 0.05) is 18.6 Å². The standard InChI is InChI=1S/C17H34N2/c1-4-14-9-10-17(18-3)15(12-14)13-19-11-7-6-8-16(19)5-2/h14-18H,4-13H2,1-3H3. The van der Waals surface area contributed by atoms with E-state index < -0.39 is 0 Å². The molecule has 1 saturated carbocycles. The highest BCUT2D eigenvalue weighted by Gasteiger charge is 2.32. The lowest BCUT2D eigenvalue weighted by atomic mass is 9.76. The first-order chi connectivity index (χ1) is 9.28. The Morgan fingerprint density at radius 2 is 1.89 bits per heavy atom. The van der Waals surface area contributed by atoms with E-state index in [0.717, 1.165) is 23.9 Å². The number of nitrogens with zero attached hydrogens (tertiary/aromatic N) is 1. The van der Waals surface area contributed by atoms with Crippen LogP contribution in [0.3, 0.4) is 0 Å². The Bertz CT molecular complexity index is 254. The van der Waals surface area contributed by atoms with Crippen molar-refractivity contribution in [2.75, 3.05) is 20.1 Å². The summed E-state index contributed by atoms with van der Waals surface area (Å²) in [5.74, 6) is 1.87. The van der Waals surface area contributed by atoms with Gasteiger partial charge in [-0.25, -0.2) is 0 Å². The third-order valence-corrected chi connectivity index (χ3v) is 5.73. The molecule has 2 rings (SSSR count). The number of likely N-dealkylation sites (tertiary alicyclic amines) is 1. The zero-order valence-corrected chi connectivity index (χ0v) is 13.3. The topological polar surface area (TPSA) is 15.3 Å². The summed E-state index contributed by atoms with van der Waals surface area (Å²) in [5, 5.41) is 3.59. The van der Waals surface area contributed by atoms with Gasteiger partial charge in [-0.3, -0.25) is 0 Å². The lowest BCUT2D eigenvalue weighted by Crippen LogP contribution is -2.48. The van der Waals surface area contributed by atoms with E-state index in [2.05, 4.69) is 31.1 Å². The van der Waals surface area contributed by atoms with Crippen molar-refractivity contribution < 1.29 is 0 Å². The van der Waals surface area contributed by atoms with Gasteiger partial charge in [-0.05, 0) is 64.0 Å². The largest absolute Gasteiger partial charge is 0.317 e. The SMILES string of the molecule is CCC1CCC(NC)C(CN2CCCCC2CC)C1. The second-order valence-electron chi connectivity index (χ2n) is 6.80. The van der Waals surface area contributed by atoms with Gasteiger partial charge in [0.25, 0.3) is 0 Å². The Hall–Kier alpha value is -0.0800. The third-order valence-electron chi connectivity index (χ3n) is 5.73. The average molecular weight is 266 g/mol. The van der Waals surface area contributed by atoms with Gasteiger partial charge >= 0.3 is 0 Å². The predicted molar refractivity (Wildman–Crippen MR) is 83.5 cm³/mol. The minimum absolute atomic E-state index is 0.766. The quantitative estimate of drug-likeness (QED) is 0.817. The fourth-order valence-corrected chi connectivity index (χ4v) is 4.38. The van der Waals surface area contributed by atoms with E-state index in [-0.39, 0.29) is 0 Å². The maximum atomic E-state index is 3.59. The van der Waals surface area contributed by atoms with Crippen LogP contribution in [0.4, 0.5) is 0 Å². The van der Waals surface area contributed by atoms with Crippen molar-refractivity contribution in [2.45, 2.75) is 77.3 Å². The zero-order valence-electron chi connectivity index (χ0n) is 13.3. The molecule has 0 aromatic heterocycles. The molecule has 0 radical (unpaired) electrons. The Kier molecular flexibility index (Phi) is 6.15. The molecule has 0 amide bonds. The predicted octanol–water partition coefficient (Wildman–Crippen LogP) is 3.67. The minimum Gasteiger partial charge on any atom is -0.317 e. The molecule has 2 nitrogen and oxygen atoms in total. The monoisotopic (exact) mass is 266 g/mol. The summed E-state index contributed by atoms with van der Waals surface area (Å²) in [4.78, 5) is 2.82. The van der Waals surface area contributed by atoms with Crippen LogP contribution in [0.2, 0.25) is 0 Å². The molecule has 1 aliphatic heterocycles. The Morgan fingerprint density at radius 1 is 1.05 bits per heavy atom. The van der Waals surface area contributed by atoms with Crippen molar-refractivity contribution in [3.05, 3.63) is 0 Å². The van der Waals surface area contributed by atoms with Crippen molar-refractivity contribution in [1.29, 1.82) is 0 Å². The molecule has 0 aromatic rings. The number of rotatable bonds is 5. The second-order valence-corrected chi connectivity index (χ2v) is 6.80. The van der Waals surface area contributed by atoms with Gasteiger partial charge in [-0.15, -0.1) is 0 Å². The fourth-order valence-electron chi connectivity index (χ4n) is 4.38. The minimum atomic E-state index is 0.766. The second kappa shape index (κ2) is 7.64. The van der Waals surface area contributed by atoms with Crippen LogP contribution < -0.4 is 5.32 Å². The van der Waals surface area contributed by atoms with Gasteiger partial charge in [0.2, 0.25) is 0 Å². The first kappa shape index (κ1) is 15.3. The summed E-state index contributed by atoms with van der Waals surface area (Å²) in [5.41, 5.74) is 0. The fraction of sp³-hybridized carbons (Fsp3) is 1.00. The van der Waals surface area contributed by atoms with Gasteiger partial charge in [0.1, 0.15) is 0 Å². The molecule has 19 heavy (non-hydrogen) atoms. The van der Waals surface area contributed by atoms with Gasteiger partial charge in [0.05, 0.1) is 0 Å². The Morgan fingerprint density at radius 3 is 2.58 bits per heavy atom. The highest BCUT2D eigenvalue weighted by Crippen LogP contribution is 2.33. The number of hydrogen-bond donors (Lipinski definition) is 1. The molecule has 1 N–H and O–H groups in total. The van der Waals surface area contributed by atoms with Crippen LogP contribution in [0.15, 0.2) is 0 Å². The van der Waals surface area contributed by atoms with Crippen molar-refractivity contribution >= 4 is 0 Å². The molecular formula is C17H34N2. The molecule has 0 bridgehead atoms. The third kappa shape index (κ3) is 3.95. The molecule has 1 aliphatic carbocycles. The van der Waals surface area contributed by atoms with Gasteiger partial charge in [0.15, 0.2) is 0 Å². The van der Waals surface area contributed by atoms with Crippen LogP contribution in [0, 0.1) is 11.8 Å². The average Bonchev–Trinajstić information content (AvgIpc) is 2.47. The van der Waals surface area contributed by atoms with Crippen molar-refractivity contribution in [1.82, 2.24) is 10.2 Å². The summed E-state index contributed by atoms with van der Waals surface area (Å²) >= 11 is 0. The Balaban J connectivity index is 1.93. The zero-order chi connectivity index (χ0) is 13.7. The van der Waals surface area contributed by atoms with Crippen LogP contribution in [-0.2, 0) is 0 Å². The molecule has 4 atom stereocenters. The first-order valence-corrected chi connectivity index (χ1v) is 8.69. The van der Waals surface area contributed by atoms with Gasteiger partial charge in [-0.2, -0.15) is 0 Å². The first-order valence-electron chi connectivity index (χ1n) is 8.69. The molecule has 2 fully saturated rings. The molecule has 1 heterocycles. The molecule has 0 aromatic carbocycles. The number of hydrogen-bond acceptors (Lipinski definition) is 2. The van der Waals surface area contributed by atoms with Crippen LogP contribution in [0.5, 0.6) is 0 Å². The van der Waals surface area contributed by atoms with E-state index in [9.17, 15) is 0 Å². The summed E-state index contributed by atoms with van der Waals surface area (Å²) < 4.78 is 0. The number of piperidine rings is 1. The van der Waals surface area contributed by atoms with E-state index >= 15 is 0 Å². The van der Waals surface area contributed by atoms with E-state index in [0.29, 0.717) is 0 Å². The highest BCUT2D eigenvalue weighted by molar-refractivity contribution is 4.87. The smallest absolute Gasteiger partial charge is 0.0105 e. The molecule has 4 unspecified atom stereocenters. The molecule has 1 saturated heterocycles. The van der Waals surface area contributed by atoms with Gasteiger partial charge in [-0.1, -0.05) is 26.7 Å². The highest BCUT2D eigenvalue weighted by atomic mass is 15.2. The van der Waals surface area contributed by atoms with Crippen LogP contribution in [0.1, 0.15) is 65.2 Å². The maximum Gasteiger partial charge on any atom is 0.0105 e. The summed E-state index contributed by atoms with van der Waals surface area (Å²) in [7, 11) is 2.16. The van der Waals surface area contributed by atoms with E-state index in [1.54, 1.807) is 0 Å². The molecule has 0 spiro atoms. The van der Waals surface area contributed by atoms with E-state index in [1.807, 2.05) is 0 Å². The van der Waals surface area contributed by atoms with Crippen LogP contribution in [0.25, 0.3) is 0 Å². The van der Waals surface area contributed by atoms with Crippen LogP contribution in [-0.4, -0.2) is 37.1 Å². The maximum absolute atomic E-state index is 3.59. The normalized spacial score (nSPS) is 37.4. The van der Waals surface area contributed by atoms with E-state index in [4.69, 9.17) is 0 Å². The summed E-state index contributed by atoms with van der Waals surface area (Å²) in [6.45, 7) is 7.44.